The lowest BCUT2D eigenvalue weighted by Gasteiger charge is -2.11. The first-order valence-corrected chi connectivity index (χ1v) is 45.9. The standard InChI is InChI=1S/C46H28N2O.C42H24N2O.C38H23NO/c1-2-12-31(13-3-1)48-40-28-27-36-35-15-6-8-18-39(35)47(46(36)44(40)38-26-23-29-11-4-5-14-34(29)45(38)48)32-24-21-30(22-25-32)33-17-10-20-42-43(33)37-16-7-9-19-41(37)49-42;1-4-14-33-28(9-1)30-13-7-16-35-40(30)41-36(24-23-31-29-10-2-5-15-34(29)44(33)42(31)41)43(35)26-21-19-25(20-22-26)27-12-8-18-38-39(27)32-11-3-6-17-37(32)45-38;1-2-10-27-23-34-32(22-26(27)9-1)37-29-11-4-3-8-24(29)18-21-33(37)39(34)28-19-16-25(17-20-28)30-13-7-15-36-38(30)31-12-5-6-14-35(31)40-36/h1-28H;1-24H;1-23H. The first kappa shape index (κ1) is 74.0. The summed E-state index contributed by atoms with van der Waals surface area (Å²) >= 11 is 0. The Morgan fingerprint density at radius 1 is 0.142 bits per heavy atom. The van der Waals surface area contributed by atoms with Crippen LogP contribution in [0.5, 0.6) is 0 Å². The van der Waals surface area contributed by atoms with Gasteiger partial charge in [0, 0.05) is 120 Å². The number of furan rings is 3. The van der Waals surface area contributed by atoms with Crippen molar-refractivity contribution in [1.82, 2.24) is 22.7 Å². The van der Waals surface area contributed by atoms with E-state index < -0.39 is 0 Å². The highest BCUT2D eigenvalue weighted by molar-refractivity contribution is 6.34. The van der Waals surface area contributed by atoms with Gasteiger partial charge in [0.15, 0.2) is 0 Å². The molecule has 0 fully saturated rings. The van der Waals surface area contributed by atoms with Crippen molar-refractivity contribution in [3.05, 3.63) is 455 Å². The number of benzene rings is 22. The summed E-state index contributed by atoms with van der Waals surface area (Å²) in [5.74, 6) is 0. The van der Waals surface area contributed by atoms with Crippen LogP contribution in [0.1, 0.15) is 0 Å². The molecule has 0 atom stereocenters. The van der Waals surface area contributed by atoms with Crippen LogP contribution in [-0.4, -0.2) is 22.7 Å². The molecular formula is C126H75N5O3. The maximum Gasteiger partial charge on any atom is 0.136 e. The lowest BCUT2D eigenvalue weighted by atomic mass is 9.99. The predicted molar refractivity (Wildman–Crippen MR) is 562 cm³/mol. The van der Waals surface area contributed by atoms with Crippen molar-refractivity contribution in [1.29, 1.82) is 0 Å². The van der Waals surface area contributed by atoms with Crippen molar-refractivity contribution in [3.8, 4) is 56.1 Å². The van der Waals surface area contributed by atoms with Gasteiger partial charge >= 0.3 is 0 Å². The van der Waals surface area contributed by atoms with Crippen LogP contribution < -0.4 is 0 Å². The molecule has 0 aliphatic carbocycles. The fourth-order valence-corrected chi connectivity index (χ4v) is 22.8. The molecule has 0 N–H and O–H groups in total. The predicted octanol–water partition coefficient (Wildman–Crippen LogP) is 34.8. The van der Waals surface area contributed by atoms with Crippen LogP contribution in [0.4, 0.5) is 0 Å². The third-order valence-electron chi connectivity index (χ3n) is 28.5. The average Bonchev–Trinajstić information content (AvgIpc) is 1.51. The molecule has 0 spiro atoms. The summed E-state index contributed by atoms with van der Waals surface area (Å²) in [5, 5.41) is 29.8. The SMILES string of the molecule is c1ccc(-n2c3ccc4c5ccccc5n(-c5ccc(-c6cccc7oc8ccccc8c67)cc5)c4c3c3ccc4ccccc4c32)cc1.c1ccc2c(c1)oc1cccc(-c3ccc(-n4c5cccc6c7ccccc7n7c8ccccc8c8ccc4c(c65)c87)cc3)c12.c1ccc2cc3c(cc2c1)c1c2ccccc2ccc1n3-c1ccc(-c2cccc3oc4ccccc4c23)cc1. The van der Waals surface area contributed by atoms with Gasteiger partial charge in [-0.2, -0.15) is 0 Å². The molecule has 8 heteroatoms. The Labute approximate surface area is 765 Å². The number of rotatable bonds is 7. The number of nitrogens with zero attached hydrogens (tertiary/aromatic N) is 5. The fourth-order valence-electron chi connectivity index (χ4n) is 22.8. The third-order valence-corrected chi connectivity index (χ3v) is 28.5. The van der Waals surface area contributed by atoms with E-state index in [9.17, 15) is 0 Å². The van der Waals surface area contributed by atoms with Gasteiger partial charge in [-0.1, -0.05) is 315 Å². The second-order valence-corrected chi connectivity index (χ2v) is 35.5. The van der Waals surface area contributed by atoms with Crippen molar-refractivity contribution >= 4 is 223 Å². The minimum Gasteiger partial charge on any atom is -0.456 e. The Bertz CT molecular complexity index is 10300. The first-order chi connectivity index (χ1) is 66.5. The van der Waals surface area contributed by atoms with E-state index in [4.69, 9.17) is 13.3 Å². The van der Waals surface area contributed by atoms with Crippen molar-refractivity contribution in [2.45, 2.75) is 0 Å². The number of hydrogen-bond donors (Lipinski definition) is 0. The fraction of sp³-hybridized carbons (Fsp3) is 0. The minimum atomic E-state index is 0.912. The summed E-state index contributed by atoms with van der Waals surface area (Å²) in [5.41, 5.74) is 30.7. The molecule has 0 amide bonds. The van der Waals surface area contributed by atoms with E-state index in [-0.39, 0.29) is 0 Å². The van der Waals surface area contributed by atoms with E-state index in [0.717, 1.165) is 77.8 Å². The highest BCUT2D eigenvalue weighted by Crippen LogP contribution is 2.50. The summed E-state index contributed by atoms with van der Waals surface area (Å²) < 4.78 is 30.9. The maximum absolute atomic E-state index is 6.22. The smallest absolute Gasteiger partial charge is 0.136 e. The van der Waals surface area contributed by atoms with Crippen molar-refractivity contribution in [2.24, 2.45) is 0 Å². The molecule has 0 aliphatic heterocycles. The van der Waals surface area contributed by atoms with Crippen molar-refractivity contribution in [3.63, 3.8) is 0 Å². The van der Waals surface area contributed by atoms with Gasteiger partial charge < -0.3 is 35.9 Å². The van der Waals surface area contributed by atoms with Gasteiger partial charge in [0.05, 0.1) is 60.7 Å². The molecule has 8 nitrogen and oxygen atoms in total. The molecule has 9 heterocycles. The second kappa shape index (κ2) is 28.8. The quantitative estimate of drug-likeness (QED) is 0.160. The Hall–Kier alpha value is -18.0. The zero-order valence-corrected chi connectivity index (χ0v) is 72.3. The zero-order valence-electron chi connectivity index (χ0n) is 72.3. The second-order valence-electron chi connectivity index (χ2n) is 35.5. The highest BCUT2D eigenvalue weighted by Gasteiger charge is 2.28. The summed E-state index contributed by atoms with van der Waals surface area (Å²) in [4.78, 5) is 0. The third kappa shape index (κ3) is 10.8. The molecule has 622 valence electrons. The Balaban J connectivity index is 0.0000000984. The lowest BCUT2D eigenvalue weighted by Crippen LogP contribution is -1.95. The molecule has 0 radical (unpaired) electrons. The molecule has 0 unspecified atom stereocenters. The lowest BCUT2D eigenvalue weighted by molar-refractivity contribution is 0.668. The number of aromatic nitrogens is 5. The van der Waals surface area contributed by atoms with E-state index in [1.165, 1.54) is 202 Å². The zero-order chi connectivity index (χ0) is 87.5. The molecule has 134 heavy (non-hydrogen) atoms. The van der Waals surface area contributed by atoms with Gasteiger partial charge in [-0.25, -0.2) is 0 Å². The van der Waals surface area contributed by atoms with E-state index in [0.29, 0.717) is 0 Å². The van der Waals surface area contributed by atoms with Crippen LogP contribution in [0, 0.1) is 0 Å². The van der Waals surface area contributed by atoms with Crippen LogP contribution in [0.2, 0.25) is 0 Å². The molecule has 0 bridgehead atoms. The van der Waals surface area contributed by atoms with Gasteiger partial charge in [-0.3, -0.25) is 0 Å². The average molecular weight is 1710 g/mol. The van der Waals surface area contributed by atoms with Crippen LogP contribution >= 0.6 is 0 Å². The van der Waals surface area contributed by atoms with E-state index in [1.807, 2.05) is 36.4 Å². The Kier molecular flexibility index (Phi) is 15.9. The van der Waals surface area contributed by atoms with Gasteiger partial charge in [-0.15, -0.1) is 0 Å². The number of hydrogen-bond acceptors (Lipinski definition) is 3. The van der Waals surface area contributed by atoms with Gasteiger partial charge in [0.25, 0.3) is 0 Å². The van der Waals surface area contributed by atoms with Crippen LogP contribution in [0.25, 0.3) is 280 Å². The molecule has 0 saturated carbocycles. The number of para-hydroxylation sites is 7. The first-order valence-electron chi connectivity index (χ1n) is 45.9. The van der Waals surface area contributed by atoms with E-state index in [1.54, 1.807) is 0 Å². The molecule has 22 aromatic carbocycles. The Morgan fingerprint density at radius 3 is 1.05 bits per heavy atom. The summed E-state index contributed by atoms with van der Waals surface area (Å²) in [6.07, 6.45) is 0. The molecule has 31 aromatic rings. The van der Waals surface area contributed by atoms with E-state index >= 15 is 0 Å². The van der Waals surface area contributed by atoms with E-state index in [2.05, 4.69) is 441 Å². The van der Waals surface area contributed by atoms with Crippen molar-refractivity contribution in [2.75, 3.05) is 0 Å². The molecule has 9 aromatic heterocycles. The summed E-state index contributed by atoms with van der Waals surface area (Å²) in [7, 11) is 0. The maximum atomic E-state index is 6.22. The molecule has 0 saturated heterocycles. The number of fused-ring (bicyclic) bond motifs is 30. The normalized spacial score (nSPS) is 12.2. The van der Waals surface area contributed by atoms with Gasteiger partial charge in [0.1, 0.15) is 33.5 Å². The van der Waals surface area contributed by atoms with Crippen LogP contribution in [0.3, 0.4) is 0 Å². The molecule has 0 aliphatic rings. The monoisotopic (exact) mass is 1710 g/mol. The molecule has 31 rings (SSSR count). The summed E-state index contributed by atoms with van der Waals surface area (Å²) in [6, 6.07) is 164. The van der Waals surface area contributed by atoms with Gasteiger partial charge in [-0.05, 0) is 205 Å². The largest absolute Gasteiger partial charge is 0.456 e. The van der Waals surface area contributed by atoms with Crippen molar-refractivity contribution < 1.29 is 13.3 Å². The summed E-state index contributed by atoms with van der Waals surface area (Å²) in [6.45, 7) is 0. The molecular weight excluding hydrogens is 1630 g/mol. The minimum absolute atomic E-state index is 0.912. The van der Waals surface area contributed by atoms with Crippen LogP contribution in [-0.2, 0) is 0 Å². The van der Waals surface area contributed by atoms with Gasteiger partial charge in [0.2, 0.25) is 0 Å². The topological polar surface area (TPSA) is 63.6 Å². The Morgan fingerprint density at radius 2 is 0.493 bits per heavy atom. The van der Waals surface area contributed by atoms with Crippen LogP contribution in [0.15, 0.2) is 468 Å². The highest BCUT2D eigenvalue weighted by atomic mass is 16.3.